The van der Waals surface area contributed by atoms with Crippen LogP contribution in [-0.4, -0.2) is 38.1 Å². The van der Waals surface area contributed by atoms with Crippen molar-refractivity contribution < 1.29 is 14.3 Å². The van der Waals surface area contributed by atoms with Gasteiger partial charge < -0.3 is 14.8 Å². The third-order valence-corrected chi connectivity index (χ3v) is 1.55. The van der Waals surface area contributed by atoms with Crippen molar-refractivity contribution in [2.24, 2.45) is 0 Å². The average molecular weight is 220 g/mol. The number of nitrogens with one attached hydrogen (secondary N) is 2. The van der Waals surface area contributed by atoms with Crippen molar-refractivity contribution >= 4 is 23.4 Å². The van der Waals surface area contributed by atoms with E-state index in [1.807, 2.05) is 0 Å². The largest absolute Gasteiger partial charge is 0.450 e. The smallest absolute Gasteiger partial charge is 0.413 e. The van der Waals surface area contributed by atoms with E-state index in [0.29, 0.717) is 19.8 Å². The minimum absolute atomic E-state index is 0.277. The monoisotopic (exact) mass is 220 g/mol. The molecular formula is C8H16N2O3S. The molecule has 14 heavy (non-hydrogen) atoms. The molecule has 0 aliphatic heterocycles. The Labute approximate surface area is 89.1 Å². The Hall–Kier alpha value is -0.880. The lowest BCUT2D eigenvalue weighted by atomic mass is 10.4. The second kappa shape index (κ2) is 8.71. The quantitative estimate of drug-likeness (QED) is 0.526. The minimum Gasteiger partial charge on any atom is -0.450 e. The fourth-order valence-corrected chi connectivity index (χ4v) is 0.908. The second-order valence-corrected chi connectivity index (χ2v) is 2.86. The highest BCUT2D eigenvalue weighted by atomic mass is 32.1. The van der Waals surface area contributed by atoms with Crippen LogP contribution >= 0.6 is 12.2 Å². The van der Waals surface area contributed by atoms with Gasteiger partial charge >= 0.3 is 6.09 Å². The predicted molar refractivity (Wildman–Crippen MR) is 57.3 cm³/mol. The Morgan fingerprint density at radius 2 is 2.21 bits per heavy atom. The summed E-state index contributed by atoms with van der Waals surface area (Å²) in [6, 6.07) is 0. The molecule has 5 nitrogen and oxygen atoms in total. The van der Waals surface area contributed by atoms with Gasteiger partial charge in [0.2, 0.25) is 0 Å². The second-order valence-electron chi connectivity index (χ2n) is 2.45. The van der Waals surface area contributed by atoms with E-state index in [9.17, 15) is 4.79 Å². The normalized spacial score (nSPS) is 9.29. The summed E-state index contributed by atoms with van der Waals surface area (Å²) in [6.07, 6.45) is 0.304. The molecule has 0 aromatic carbocycles. The first-order valence-electron chi connectivity index (χ1n) is 4.41. The van der Waals surface area contributed by atoms with Gasteiger partial charge in [0, 0.05) is 20.3 Å². The molecule has 2 N–H and O–H groups in total. The molecule has 0 saturated heterocycles. The van der Waals surface area contributed by atoms with Crippen molar-refractivity contribution in [3.05, 3.63) is 0 Å². The van der Waals surface area contributed by atoms with E-state index in [1.165, 1.54) is 0 Å². The van der Waals surface area contributed by atoms with E-state index >= 15 is 0 Å². The van der Waals surface area contributed by atoms with E-state index in [2.05, 4.69) is 15.4 Å². The molecule has 0 aliphatic carbocycles. The van der Waals surface area contributed by atoms with Gasteiger partial charge in [-0.05, 0) is 25.6 Å². The highest BCUT2D eigenvalue weighted by Gasteiger charge is 2.02. The van der Waals surface area contributed by atoms with Gasteiger partial charge in [-0.15, -0.1) is 0 Å². The third kappa shape index (κ3) is 7.75. The number of hydrogen-bond acceptors (Lipinski definition) is 4. The van der Waals surface area contributed by atoms with Gasteiger partial charge in [-0.1, -0.05) is 0 Å². The number of carbonyl (C=O) groups is 1. The van der Waals surface area contributed by atoms with E-state index in [4.69, 9.17) is 17.0 Å². The molecule has 0 fully saturated rings. The van der Waals surface area contributed by atoms with Crippen LogP contribution in [0.4, 0.5) is 4.79 Å². The van der Waals surface area contributed by atoms with Crippen LogP contribution in [0.15, 0.2) is 0 Å². The minimum atomic E-state index is -0.531. The van der Waals surface area contributed by atoms with Crippen LogP contribution in [0, 0.1) is 0 Å². The fraction of sp³-hybridized carbons (Fsp3) is 0.750. The lowest BCUT2D eigenvalue weighted by Gasteiger charge is -2.08. The average Bonchev–Trinajstić information content (AvgIpc) is 2.13. The number of alkyl carbamates (subject to hydrolysis) is 1. The summed E-state index contributed by atoms with van der Waals surface area (Å²) in [7, 11) is 1.63. The van der Waals surface area contributed by atoms with Crippen molar-refractivity contribution in [2.45, 2.75) is 13.3 Å². The van der Waals surface area contributed by atoms with Gasteiger partial charge in [-0.3, -0.25) is 5.32 Å². The van der Waals surface area contributed by atoms with Crippen LogP contribution in [0.5, 0.6) is 0 Å². The topological polar surface area (TPSA) is 59.6 Å². The molecule has 0 aliphatic rings. The Bertz CT molecular complexity index is 187. The molecule has 82 valence electrons. The maximum atomic E-state index is 10.9. The molecule has 0 aromatic rings. The molecule has 0 bridgehead atoms. The lowest BCUT2D eigenvalue weighted by Crippen LogP contribution is -2.40. The lowest BCUT2D eigenvalue weighted by molar-refractivity contribution is 0.157. The van der Waals surface area contributed by atoms with E-state index < -0.39 is 6.09 Å². The molecule has 0 unspecified atom stereocenters. The Morgan fingerprint density at radius 1 is 1.50 bits per heavy atom. The number of methoxy groups -OCH3 is 1. The van der Waals surface area contributed by atoms with Gasteiger partial charge in [-0.25, -0.2) is 4.79 Å². The highest BCUT2D eigenvalue weighted by Crippen LogP contribution is 1.79. The number of amides is 1. The summed E-state index contributed by atoms with van der Waals surface area (Å²) < 4.78 is 9.49. The first-order valence-corrected chi connectivity index (χ1v) is 4.82. The number of ether oxygens (including phenoxy) is 2. The highest BCUT2D eigenvalue weighted by molar-refractivity contribution is 7.80. The van der Waals surface area contributed by atoms with Gasteiger partial charge in [0.15, 0.2) is 5.11 Å². The van der Waals surface area contributed by atoms with E-state index in [0.717, 1.165) is 6.42 Å². The number of carbonyl (C=O) groups excluding carboxylic acids is 1. The molecular weight excluding hydrogens is 204 g/mol. The molecule has 0 radical (unpaired) electrons. The summed E-state index contributed by atoms with van der Waals surface area (Å²) in [4.78, 5) is 10.9. The number of rotatable bonds is 5. The zero-order valence-corrected chi connectivity index (χ0v) is 9.28. The summed E-state index contributed by atoms with van der Waals surface area (Å²) >= 11 is 4.83. The molecule has 0 rings (SSSR count). The van der Waals surface area contributed by atoms with Crippen LogP contribution < -0.4 is 10.6 Å². The molecule has 0 aromatic heterocycles. The van der Waals surface area contributed by atoms with Gasteiger partial charge in [0.25, 0.3) is 0 Å². The molecule has 6 heteroatoms. The molecule has 0 atom stereocenters. The van der Waals surface area contributed by atoms with E-state index in [-0.39, 0.29) is 5.11 Å². The zero-order valence-electron chi connectivity index (χ0n) is 8.46. The van der Waals surface area contributed by atoms with Gasteiger partial charge in [0.1, 0.15) is 0 Å². The maximum Gasteiger partial charge on any atom is 0.413 e. The van der Waals surface area contributed by atoms with Crippen LogP contribution in [-0.2, 0) is 9.47 Å². The summed E-state index contributed by atoms with van der Waals surface area (Å²) in [5.41, 5.74) is 0. The molecule has 0 saturated carbocycles. The fourth-order valence-electron chi connectivity index (χ4n) is 0.722. The standard InChI is InChI=1S/C8H16N2O3S/c1-3-13-8(11)10-7(14)9-5-4-6-12-2/h3-6H2,1-2H3,(H2,9,10,11,14). The summed E-state index contributed by atoms with van der Waals surface area (Å²) in [5, 5.41) is 5.50. The van der Waals surface area contributed by atoms with Crippen LogP contribution in [0.2, 0.25) is 0 Å². The summed E-state index contributed by atoms with van der Waals surface area (Å²) in [6.45, 7) is 3.39. The van der Waals surface area contributed by atoms with Crippen molar-refractivity contribution in [3.8, 4) is 0 Å². The van der Waals surface area contributed by atoms with Crippen molar-refractivity contribution in [3.63, 3.8) is 0 Å². The van der Waals surface area contributed by atoms with Crippen molar-refractivity contribution in [1.29, 1.82) is 0 Å². The van der Waals surface area contributed by atoms with Crippen LogP contribution in [0.3, 0.4) is 0 Å². The Morgan fingerprint density at radius 3 is 2.79 bits per heavy atom. The Kier molecular flexibility index (Phi) is 8.16. The van der Waals surface area contributed by atoms with Crippen LogP contribution in [0.25, 0.3) is 0 Å². The van der Waals surface area contributed by atoms with E-state index in [1.54, 1.807) is 14.0 Å². The maximum absolute atomic E-state index is 10.9. The van der Waals surface area contributed by atoms with Crippen molar-refractivity contribution in [2.75, 3.05) is 26.9 Å². The number of thiocarbonyl (C=S) groups is 1. The Balaban J connectivity index is 3.40. The van der Waals surface area contributed by atoms with Gasteiger partial charge in [0.05, 0.1) is 6.61 Å². The first-order chi connectivity index (χ1) is 6.70. The van der Waals surface area contributed by atoms with Gasteiger partial charge in [-0.2, -0.15) is 0 Å². The van der Waals surface area contributed by atoms with Crippen molar-refractivity contribution in [1.82, 2.24) is 10.6 Å². The SMILES string of the molecule is CCOC(=O)NC(=S)NCCCOC. The molecule has 0 spiro atoms. The first kappa shape index (κ1) is 13.1. The summed E-state index contributed by atoms with van der Waals surface area (Å²) in [5.74, 6) is 0. The molecule has 1 amide bonds. The molecule has 0 heterocycles. The predicted octanol–water partition coefficient (Wildman–Crippen LogP) is 0.643. The third-order valence-electron chi connectivity index (χ3n) is 1.30. The van der Waals surface area contributed by atoms with Crippen LogP contribution in [0.1, 0.15) is 13.3 Å². The zero-order chi connectivity index (χ0) is 10.8. The number of hydrogen-bond donors (Lipinski definition) is 2.